The molecule has 2 aromatic rings. The van der Waals surface area contributed by atoms with E-state index in [1.807, 2.05) is 48.5 Å². The highest BCUT2D eigenvalue weighted by atomic mass is 35.5. The summed E-state index contributed by atoms with van der Waals surface area (Å²) in [6.07, 6.45) is 1.01. The lowest BCUT2D eigenvalue weighted by molar-refractivity contribution is -0.116. The van der Waals surface area contributed by atoms with E-state index in [2.05, 4.69) is 5.32 Å². The number of carbonyl (C=O) groups is 2. The van der Waals surface area contributed by atoms with Gasteiger partial charge in [-0.2, -0.15) is 0 Å². The average Bonchev–Trinajstić information content (AvgIpc) is 2.53. The number of benzene rings is 2. The van der Waals surface area contributed by atoms with Crippen molar-refractivity contribution in [3.63, 3.8) is 0 Å². The number of halogens is 1. The van der Waals surface area contributed by atoms with Crippen LogP contribution in [0.2, 0.25) is 5.02 Å². The van der Waals surface area contributed by atoms with Gasteiger partial charge in [-0.3, -0.25) is 9.59 Å². The van der Waals surface area contributed by atoms with Crippen LogP contribution in [-0.4, -0.2) is 17.6 Å². The summed E-state index contributed by atoms with van der Waals surface area (Å²) in [4.78, 5) is 23.8. The van der Waals surface area contributed by atoms with Crippen LogP contribution < -0.4 is 11.1 Å². The van der Waals surface area contributed by atoms with E-state index in [9.17, 15) is 9.59 Å². The van der Waals surface area contributed by atoms with Crippen LogP contribution in [-0.2, 0) is 16.0 Å². The standard InChI is InChI=1S/C17H17ClN2O2S/c18-13-8-5-12(6-9-13)7-10-17(22)20-14-3-1-2-4-15(14)23-11-16(19)21/h1-6,8-9H,7,10-11H2,(H2,19,21)(H,20,22). The molecular formula is C17H17ClN2O2S. The summed E-state index contributed by atoms with van der Waals surface area (Å²) in [5.41, 5.74) is 6.91. The smallest absolute Gasteiger partial charge is 0.227 e. The molecule has 0 bridgehead atoms. The lowest BCUT2D eigenvalue weighted by atomic mass is 10.1. The highest BCUT2D eigenvalue weighted by molar-refractivity contribution is 8.00. The Hall–Kier alpha value is -1.98. The quantitative estimate of drug-likeness (QED) is 0.752. The number of carbonyl (C=O) groups excluding carboxylic acids is 2. The zero-order chi connectivity index (χ0) is 16.7. The number of nitrogens with one attached hydrogen (secondary N) is 1. The first-order chi connectivity index (χ1) is 11.0. The second kappa shape index (κ2) is 8.60. The third kappa shape index (κ3) is 5.96. The van der Waals surface area contributed by atoms with Crippen LogP contribution in [0.1, 0.15) is 12.0 Å². The van der Waals surface area contributed by atoms with Crippen LogP contribution in [0, 0.1) is 0 Å². The first-order valence-electron chi connectivity index (χ1n) is 7.09. The Morgan fingerprint density at radius 3 is 2.48 bits per heavy atom. The van der Waals surface area contributed by atoms with Crippen LogP contribution in [0.5, 0.6) is 0 Å². The molecule has 120 valence electrons. The summed E-state index contributed by atoms with van der Waals surface area (Å²) in [5.74, 6) is -0.288. The van der Waals surface area contributed by atoms with E-state index >= 15 is 0 Å². The van der Waals surface area contributed by atoms with Crippen molar-refractivity contribution in [1.82, 2.24) is 0 Å². The minimum absolute atomic E-state index is 0.0768. The minimum Gasteiger partial charge on any atom is -0.369 e. The Morgan fingerprint density at radius 2 is 1.78 bits per heavy atom. The molecule has 2 amide bonds. The predicted octanol–water partition coefficient (Wildman–Crippen LogP) is 3.49. The van der Waals surface area contributed by atoms with Gasteiger partial charge in [0.1, 0.15) is 0 Å². The Kier molecular flexibility index (Phi) is 6.50. The van der Waals surface area contributed by atoms with E-state index in [4.69, 9.17) is 17.3 Å². The molecule has 2 rings (SSSR count). The monoisotopic (exact) mass is 348 g/mol. The highest BCUT2D eigenvalue weighted by Gasteiger charge is 2.08. The summed E-state index contributed by atoms with van der Waals surface area (Å²) < 4.78 is 0. The summed E-state index contributed by atoms with van der Waals surface area (Å²) in [6, 6.07) is 14.8. The van der Waals surface area contributed by atoms with Gasteiger partial charge in [-0.1, -0.05) is 35.9 Å². The molecule has 0 heterocycles. The molecule has 6 heteroatoms. The molecule has 0 radical (unpaired) electrons. The minimum atomic E-state index is -0.390. The summed E-state index contributed by atoms with van der Waals surface area (Å²) in [5, 5.41) is 3.56. The topological polar surface area (TPSA) is 72.2 Å². The molecule has 0 unspecified atom stereocenters. The lowest BCUT2D eigenvalue weighted by Crippen LogP contribution is -2.15. The normalized spacial score (nSPS) is 10.3. The molecule has 2 aromatic carbocycles. The van der Waals surface area contributed by atoms with Gasteiger partial charge in [0.2, 0.25) is 11.8 Å². The van der Waals surface area contributed by atoms with Crippen LogP contribution in [0.4, 0.5) is 5.69 Å². The van der Waals surface area contributed by atoms with Gasteiger partial charge in [0, 0.05) is 16.3 Å². The number of rotatable bonds is 7. The van der Waals surface area contributed by atoms with Crippen molar-refractivity contribution >= 4 is 40.9 Å². The molecule has 0 saturated heterocycles. The molecule has 3 N–H and O–H groups in total. The maximum atomic E-state index is 12.1. The summed E-state index contributed by atoms with van der Waals surface area (Å²) >= 11 is 7.15. The third-order valence-corrected chi connectivity index (χ3v) is 4.43. The molecule has 0 aliphatic rings. The Balaban J connectivity index is 1.92. The van der Waals surface area contributed by atoms with Gasteiger partial charge in [0.05, 0.1) is 11.4 Å². The number of hydrogen-bond acceptors (Lipinski definition) is 3. The zero-order valence-corrected chi connectivity index (χ0v) is 14.0. The SMILES string of the molecule is NC(=O)CSc1ccccc1NC(=O)CCc1ccc(Cl)cc1. The van der Waals surface area contributed by atoms with Crippen LogP contribution in [0.15, 0.2) is 53.4 Å². The third-order valence-electron chi connectivity index (χ3n) is 3.09. The van der Waals surface area contributed by atoms with Crippen molar-refractivity contribution in [2.75, 3.05) is 11.1 Å². The highest BCUT2D eigenvalue weighted by Crippen LogP contribution is 2.26. The van der Waals surface area contributed by atoms with Crippen molar-refractivity contribution in [2.45, 2.75) is 17.7 Å². The largest absolute Gasteiger partial charge is 0.369 e. The molecule has 4 nitrogen and oxygen atoms in total. The van der Waals surface area contributed by atoms with Crippen LogP contribution in [0.3, 0.4) is 0 Å². The summed E-state index contributed by atoms with van der Waals surface area (Å²) in [6.45, 7) is 0. The van der Waals surface area contributed by atoms with Crippen LogP contribution >= 0.6 is 23.4 Å². The first-order valence-corrected chi connectivity index (χ1v) is 8.45. The van der Waals surface area contributed by atoms with Gasteiger partial charge in [0.25, 0.3) is 0 Å². The summed E-state index contributed by atoms with van der Waals surface area (Å²) in [7, 11) is 0. The molecule has 0 saturated carbocycles. The fourth-order valence-corrected chi connectivity index (χ4v) is 2.84. The Labute approximate surface area is 144 Å². The number of nitrogens with two attached hydrogens (primary N) is 1. The lowest BCUT2D eigenvalue weighted by Gasteiger charge is -2.10. The van der Waals surface area contributed by atoms with Gasteiger partial charge < -0.3 is 11.1 Å². The van der Waals surface area contributed by atoms with E-state index in [1.165, 1.54) is 11.8 Å². The van der Waals surface area contributed by atoms with E-state index in [-0.39, 0.29) is 17.6 Å². The fraction of sp³-hybridized carbons (Fsp3) is 0.176. The van der Waals surface area contributed by atoms with Gasteiger partial charge >= 0.3 is 0 Å². The number of para-hydroxylation sites is 1. The molecule has 0 spiro atoms. The van der Waals surface area contributed by atoms with E-state index in [1.54, 1.807) is 0 Å². The molecule has 0 aliphatic carbocycles. The number of hydrogen-bond donors (Lipinski definition) is 2. The maximum absolute atomic E-state index is 12.1. The Bertz CT molecular complexity index is 689. The second-order valence-corrected chi connectivity index (χ2v) is 6.38. The Morgan fingerprint density at radius 1 is 1.09 bits per heavy atom. The first kappa shape index (κ1) is 17.4. The second-order valence-electron chi connectivity index (χ2n) is 4.93. The van der Waals surface area contributed by atoms with Crippen molar-refractivity contribution in [2.24, 2.45) is 5.73 Å². The van der Waals surface area contributed by atoms with Crippen molar-refractivity contribution in [3.05, 3.63) is 59.1 Å². The van der Waals surface area contributed by atoms with E-state index < -0.39 is 0 Å². The van der Waals surface area contributed by atoms with Crippen molar-refractivity contribution in [3.8, 4) is 0 Å². The molecule has 0 aliphatic heterocycles. The van der Waals surface area contributed by atoms with E-state index in [0.29, 0.717) is 23.6 Å². The zero-order valence-electron chi connectivity index (χ0n) is 12.4. The molecular weight excluding hydrogens is 332 g/mol. The molecule has 23 heavy (non-hydrogen) atoms. The average molecular weight is 349 g/mol. The van der Waals surface area contributed by atoms with Gasteiger partial charge in [0.15, 0.2) is 0 Å². The number of amides is 2. The predicted molar refractivity (Wildman–Crippen MR) is 94.8 cm³/mol. The van der Waals surface area contributed by atoms with Gasteiger partial charge in [-0.05, 0) is 36.2 Å². The van der Waals surface area contributed by atoms with E-state index in [0.717, 1.165) is 10.5 Å². The van der Waals surface area contributed by atoms with Gasteiger partial charge in [-0.25, -0.2) is 0 Å². The molecule has 0 atom stereocenters. The van der Waals surface area contributed by atoms with Gasteiger partial charge in [-0.15, -0.1) is 11.8 Å². The number of thioether (sulfide) groups is 1. The van der Waals surface area contributed by atoms with Crippen molar-refractivity contribution < 1.29 is 9.59 Å². The maximum Gasteiger partial charge on any atom is 0.227 e. The molecule has 0 fully saturated rings. The molecule has 0 aromatic heterocycles. The number of aryl methyl sites for hydroxylation is 1. The number of anilines is 1. The fourth-order valence-electron chi connectivity index (χ4n) is 1.97. The van der Waals surface area contributed by atoms with Crippen molar-refractivity contribution in [1.29, 1.82) is 0 Å². The number of primary amides is 1. The van der Waals surface area contributed by atoms with Crippen LogP contribution in [0.25, 0.3) is 0 Å².